The van der Waals surface area contributed by atoms with Crippen molar-refractivity contribution in [3.05, 3.63) is 36.0 Å². The van der Waals surface area contributed by atoms with Gasteiger partial charge < -0.3 is 14.2 Å². The Hall–Kier alpha value is -1.97. The number of carbonyl (C=O) groups excluding carboxylic acids is 1. The molecule has 1 aliphatic heterocycles. The van der Waals surface area contributed by atoms with Gasteiger partial charge in [-0.2, -0.15) is 0 Å². The van der Waals surface area contributed by atoms with Gasteiger partial charge in [-0.25, -0.2) is 4.79 Å². The summed E-state index contributed by atoms with van der Waals surface area (Å²) in [7, 11) is 1.84. The molecule has 2 atom stereocenters. The Labute approximate surface area is 131 Å². The third kappa shape index (κ3) is 2.47. The Morgan fingerprint density at radius 1 is 1.32 bits per heavy atom. The molecule has 4 nitrogen and oxygen atoms in total. The van der Waals surface area contributed by atoms with E-state index in [9.17, 15) is 4.79 Å². The van der Waals surface area contributed by atoms with Crippen molar-refractivity contribution in [1.82, 2.24) is 9.47 Å². The van der Waals surface area contributed by atoms with Crippen molar-refractivity contribution >= 4 is 17.0 Å². The number of ether oxygens (including phenoxy) is 1. The zero-order valence-electron chi connectivity index (χ0n) is 14.0. The Morgan fingerprint density at radius 3 is 2.73 bits per heavy atom. The van der Waals surface area contributed by atoms with E-state index in [0.717, 1.165) is 6.42 Å². The van der Waals surface area contributed by atoms with Crippen molar-refractivity contribution in [3.63, 3.8) is 0 Å². The van der Waals surface area contributed by atoms with E-state index in [1.807, 2.05) is 27.8 Å². The summed E-state index contributed by atoms with van der Waals surface area (Å²) in [6, 6.07) is 8.85. The molecule has 1 aliphatic rings. The number of carbonyl (C=O) groups is 1. The van der Waals surface area contributed by atoms with Gasteiger partial charge in [0.2, 0.25) is 0 Å². The first-order chi connectivity index (χ1) is 10.3. The first-order valence-electron chi connectivity index (χ1n) is 7.82. The first kappa shape index (κ1) is 14.9. The van der Waals surface area contributed by atoms with Gasteiger partial charge >= 0.3 is 6.09 Å². The normalized spacial score (nSPS) is 21.0. The summed E-state index contributed by atoms with van der Waals surface area (Å²) in [5, 5.41) is 1.27. The number of hydrogen-bond acceptors (Lipinski definition) is 2. The van der Waals surface area contributed by atoms with Crippen LogP contribution in [0, 0.1) is 0 Å². The van der Waals surface area contributed by atoms with Crippen molar-refractivity contribution in [1.29, 1.82) is 0 Å². The van der Waals surface area contributed by atoms with Gasteiger partial charge in [0.25, 0.3) is 0 Å². The molecule has 118 valence electrons. The third-order valence-electron chi connectivity index (χ3n) is 4.43. The molecular formula is C18H24N2O2. The first-order valence-corrected chi connectivity index (χ1v) is 7.82. The lowest BCUT2D eigenvalue weighted by Crippen LogP contribution is -2.46. The number of benzene rings is 1. The van der Waals surface area contributed by atoms with Crippen LogP contribution in [0.5, 0.6) is 0 Å². The van der Waals surface area contributed by atoms with Gasteiger partial charge in [0.05, 0.1) is 17.6 Å². The number of aromatic nitrogens is 1. The molecule has 0 fully saturated rings. The Balaban J connectivity index is 1.90. The maximum atomic E-state index is 12.4. The number of para-hydroxylation sites is 1. The summed E-state index contributed by atoms with van der Waals surface area (Å²) in [6.07, 6.45) is 2.72. The monoisotopic (exact) mass is 300 g/mol. The van der Waals surface area contributed by atoms with E-state index in [1.54, 1.807) is 4.90 Å². The maximum Gasteiger partial charge on any atom is 0.410 e. The van der Waals surface area contributed by atoms with Gasteiger partial charge in [0.1, 0.15) is 5.60 Å². The van der Waals surface area contributed by atoms with Crippen molar-refractivity contribution < 1.29 is 9.53 Å². The molecule has 1 aromatic heterocycles. The van der Waals surface area contributed by atoms with Crippen LogP contribution >= 0.6 is 0 Å². The highest BCUT2D eigenvalue weighted by Gasteiger charge is 2.33. The Bertz CT molecular complexity index is 711. The molecule has 0 saturated heterocycles. The fourth-order valence-electron chi connectivity index (χ4n) is 3.31. The van der Waals surface area contributed by atoms with E-state index in [1.165, 1.54) is 16.5 Å². The number of hydrogen-bond donors (Lipinski definition) is 0. The Kier molecular flexibility index (Phi) is 3.42. The average Bonchev–Trinajstić information content (AvgIpc) is 2.86. The van der Waals surface area contributed by atoms with Gasteiger partial charge in [0, 0.05) is 13.2 Å². The summed E-state index contributed by atoms with van der Waals surface area (Å²) in [4.78, 5) is 14.1. The summed E-state index contributed by atoms with van der Waals surface area (Å²) in [5.74, 6) is 0. The molecule has 0 aliphatic carbocycles. The van der Waals surface area contributed by atoms with Gasteiger partial charge in [-0.15, -0.1) is 0 Å². The van der Waals surface area contributed by atoms with Crippen LogP contribution in [0.25, 0.3) is 10.9 Å². The van der Waals surface area contributed by atoms with Crippen molar-refractivity contribution in [3.8, 4) is 0 Å². The minimum atomic E-state index is -0.470. The summed E-state index contributed by atoms with van der Waals surface area (Å²) in [6.45, 7) is 7.86. The van der Waals surface area contributed by atoms with Crippen LogP contribution in [0.1, 0.15) is 39.3 Å². The fourth-order valence-corrected chi connectivity index (χ4v) is 3.31. The number of nitrogens with zero attached hydrogens (tertiary/aromatic N) is 2. The molecule has 2 aromatic rings. The highest BCUT2D eigenvalue weighted by molar-refractivity contribution is 5.84. The topological polar surface area (TPSA) is 34.5 Å². The second kappa shape index (κ2) is 5.04. The van der Waals surface area contributed by atoms with E-state index in [4.69, 9.17) is 4.74 Å². The molecule has 0 bridgehead atoms. The van der Waals surface area contributed by atoms with Crippen LogP contribution in [-0.4, -0.2) is 34.3 Å². The molecule has 4 heteroatoms. The number of likely N-dealkylation sites (N-methyl/N-ethyl adjacent to an activating group) is 1. The predicted molar refractivity (Wildman–Crippen MR) is 88.1 cm³/mol. The number of amides is 1. The molecular weight excluding hydrogens is 276 g/mol. The largest absolute Gasteiger partial charge is 0.444 e. The predicted octanol–water partition coefficient (Wildman–Crippen LogP) is 3.99. The molecule has 0 spiro atoms. The van der Waals surface area contributed by atoms with Gasteiger partial charge in [0.15, 0.2) is 0 Å². The standard InChI is InChI=1S/C18H24N2O2/c1-12-15(19(5)17(21)22-18(2,3)4)11-14-8-6-7-13-9-10-20(12)16(13)14/h6-10,12,15H,11H2,1-5H3/t12-,15+/m1/s1. The van der Waals surface area contributed by atoms with Crippen LogP contribution in [-0.2, 0) is 11.2 Å². The van der Waals surface area contributed by atoms with E-state index in [-0.39, 0.29) is 18.2 Å². The molecule has 3 rings (SSSR count). The SMILES string of the molecule is C[C@@H]1[C@@H](N(C)C(=O)OC(C)(C)C)Cc2cccc3ccn1c23. The third-order valence-corrected chi connectivity index (χ3v) is 4.43. The highest BCUT2D eigenvalue weighted by atomic mass is 16.6. The van der Waals surface area contributed by atoms with Crippen molar-refractivity contribution in [2.45, 2.75) is 51.8 Å². The lowest BCUT2D eigenvalue weighted by Gasteiger charge is -2.38. The molecule has 0 N–H and O–H groups in total. The molecule has 2 heterocycles. The summed E-state index contributed by atoms with van der Waals surface area (Å²) < 4.78 is 7.80. The van der Waals surface area contributed by atoms with Gasteiger partial charge in [-0.05, 0) is 51.1 Å². The second-order valence-corrected chi connectivity index (χ2v) is 7.18. The van der Waals surface area contributed by atoms with Gasteiger partial charge in [-0.1, -0.05) is 18.2 Å². The smallest absolute Gasteiger partial charge is 0.410 e. The minimum absolute atomic E-state index is 0.0975. The van der Waals surface area contributed by atoms with Crippen molar-refractivity contribution in [2.24, 2.45) is 0 Å². The van der Waals surface area contributed by atoms with Crippen LogP contribution < -0.4 is 0 Å². The van der Waals surface area contributed by atoms with Gasteiger partial charge in [-0.3, -0.25) is 0 Å². The van der Waals surface area contributed by atoms with Crippen LogP contribution in [0.3, 0.4) is 0 Å². The summed E-state index contributed by atoms with van der Waals surface area (Å²) in [5.41, 5.74) is 2.12. The van der Waals surface area contributed by atoms with E-state index in [0.29, 0.717) is 0 Å². The lowest BCUT2D eigenvalue weighted by molar-refractivity contribution is 0.0174. The molecule has 0 saturated carbocycles. The molecule has 1 amide bonds. The maximum absolute atomic E-state index is 12.4. The summed E-state index contributed by atoms with van der Waals surface area (Å²) >= 11 is 0. The second-order valence-electron chi connectivity index (χ2n) is 7.18. The van der Waals surface area contributed by atoms with E-state index >= 15 is 0 Å². The number of rotatable bonds is 1. The quantitative estimate of drug-likeness (QED) is 0.798. The van der Waals surface area contributed by atoms with E-state index < -0.39 is 5.60 Å². The highest BCUT2D eigenvalue weighted by Crippen LogP contribution is 2.34. The average molecular weight is 300 g/mol. The minimum Gasteiger partial charge on any atom is -0.444 e. The zero-order valence-corrected chi connectivity index (χ0v) is 14.0. The zero-order chi connectivity index (χ0) is 16.1. The van der Waals surface area contributed by atoms with Crippen LogP contribution in [0.4, 0.5) is 4.79 Å². The van der Waals surface area contributed by atoms with E-state index in [2.05, 4.69) is 42.0 Å². The van der Waals surface area contributed by atoms with Crippen LogP contribution in [0.2, 0.25) is 0 Å². The molecule has 1 aromatic carbocycles. The van der Waals surface area contributed by atoms with Crippen LogP contribution in [0.15, 0.2) is 30.5 Å². The lowest BCUT2D eigenvalue weighted by atomic mass is 9.94. The molecule has 0 radical (unpaired) electrons. The van der Waals surface area contributed by atoms with Crippen molar-refractivity contribution in [2.75, 3.05) is 7.05 Å². The fraction of sp³-hybridized carbons (Fsp3) is 0.500. The molecule has 22 heavy (non-hydrogen) atoms. The Morgan fingerprint density at radius 2 is 2.05 bits per heavy atom. The molecule has 0 unspecified atom stereocenters.